The normalized spacial score (nSPS) is 29.2. The van der Waals surface area contributed by atoms with E-state index in [9.17, 15) is 9.50 Å². The smallest absolute Gasteiger partial charge is 0.245 e. The summed E-state index contributed by atoms with van der Waals surface area (Å²) in [5.41, 5.74) is 0.123. The molecule has 0 spiro atoms. The van der Waals surface area contributed by atoms with E-state index in [1.165, 1.54) is 16.9 Å². The minimum Gasteiger partial charge on any atom is -0.507 e. The Bertz CT molecular complexity index is 1370. The lowest BCUT2D eigenvalue weighted by atomic mass is 9.82. The first-order valence-electron chi connectivity index (χ1n) is 12.1. The van der Waals surface area contributed by atoms with Gasteiger partial charge in [0.15, 0.2) is 11.5 Å². The van der Waals surface area contributed by atoms with Crippen LogP contribution in [0, 0.1) is 17.1 Å². The van der Waals surface area contributed by atoms with E-state index >= 15 is 4.39 Å². The SMILES string of the molecule is C[C@@]12CC[C@@](C)(N1)[C@@H](F)[C@@H](N(c1ncc(-c3ccc(-n4cc(F)c(C#N)n4)cc3O)nn1)C1CC1)C2. The Balaban J connectivity index is 1.28. The minimum atomic E-state index is -1.05. The highest BCUT2D eigenvalue weighted by Gasteiger charge is 2.58. The van der Waals surface area contributed by atoms with Gasteiger partial charge in [-0.3, -0.25) is 0 Å². The van der Waals surface area contributed by atoms with Gasteiger partial charge in [-0.05, 0) is 58.1 Å². The molecule has 186 valence electrons. The van der Waals surface area contributed by atoms with E-state index in [0.29, 0.717) is 29.3 Å². The summed E-state index contributed by atoms with van der Waals surface area (Å²) in [6.07, 6.45) is 5.90. The highest BCUT2D eigenvalue weighted by Crippen LogP contribution is 2.47. The number of phenolic OH excluding ortho intramolecular Hbond substituents is 1. The second kappa shape index (κ2) is 7.93. The van der Waals surface area contributed by atoms with E-state index in [4.69, 9.17) is 5.26 Å². The van der Waals surface area contributed by atoms with Crippen molar-refractivity contribution in [1.29, 1.82) is 5.26 Å². The highest BCUT2D eigenvalue weighted by atomic mass is 19.1. The first-order chi connectivity index (χ1) is 17.2. The fourth-order valence-corrected chi connectivity index (χ4v) is 5.82. The van der Waals surface area contributed by atoms with E-state index in [1.807, 2.05) is 11.8 Å². The van der Waals surface area contributed by atoms with Crippen molar-refractivity contribution in [2.75, 3.05) is 4.90 Å². The second-order valence-corrected chi connectivity index (χ2v) is 10.6. The molecule has 0 radical (unpaired) electrons. The number of fused-ring (bicyclic) bond motifs is 2. The summed E-state index contributed by atoms with van der Waals surface area (Å²) in [7, 11) is 0. The van der Waals surface area contributed by atoms with Crippen molar-refractivity contribution in [2.24, 2.45) is 0 Å². The van der Waals surface area contributed by atoms with Crippen LogP contribution in [0.15, 0.2) is 30.6 Å². The van der Waals surface area contributed by atoms with Gasteiger partial charge in [0.05, 0.1) is 24.1 Å². The first-order valence-corrected chi connectivity index (χ1v) is 12.1. The standard InChI is InChI=1S/C25H26F2N8O/c1-24-7-8-25(2,33-24)22(27)20(10-24)35(14-3-4-14)23-29-12-19(30-31-23)16-6-5-15(9-21(16)36)34-13-17(26)18(11-28)32-34/h5-6,9,12-14,20,22,33,36H,3-4,7-8,10H2,1-2H3/t20-,22-,24-,25+/m0/s1. The summed E-state index contributed by atoms with van der Waals surface area (Å²) in [4.78, 5) is 6.56. The van der Waals surface area contributed by atoms with Crippen LogP contribution >= 0.6 is 0 Å². The monoisotopic (exact) mass is 492 g/mol. The molecule has 11 heteroatoms. The zero-order valence-electron chi connectivity index (χ0n) is 20.0. The third kappa shape index (κ3) is 3.67. The molecule has 9 nitrogen and oxygen atoms in total. The summed E-state index contributed by atoms with van der Waals surface area (Å²) >= 11 is 0. The van der Waals surface area contributed by atoms with Crippen molar-refractivity contribution >= 4 is 5.95 Å². The molecule has 4 atom stereocenters. The van der Waals surface area contributed by atoms with Crippen molar-refractivity contribution in [2.45, 2.75) is 75.3 Å². The lowest BCUT2D eigenvalue weighted by Crippen LogP contribution is -2.66. The molecule has 2 saturated heterocycles. The molecule has 1 aromatic carbocycles. The number of piperidine rings is 1. The van der Waals surface area contributed by atoms with Crippen LogP contribution in [0.2, 0.25) is 0 Å². The lowest BCUT2D eigenvalue weighted by molar-refractivity contribution is 0.0828. The van der Waals surface area contributed by atoms with Gasteiger partial charge in [0.2, 0.25) is 5.95 Å². The number of nitrogens with one attached hydrogen (secondary N) is 1. The Morgan fingerprint density at radius 1 is 1.25 bits per heavy atom. The van der Waals surface area contributed by atoms with Gasteiger partial charge >= 0.3 is 0 Å². The number of alkyl halides is 1. The summed E-state index contributed by atoms with van der Waals surface area (Å²) in [6.45, 7) is 4.13. The van der Waals surface area contributed by atoms with Gasteiger partial charge in [0, 0.05) is 28.7 Å². The Morgan fingerprint density at radius 2 is 2.06 bits per heavy atom. The summed E-state index contributed by atoms with van der Waals surface area (Å²) in [5, 5.41) is 35.6. The first kappa shape index (κ1) is 22.8. The number of rotatable bonds is 5. The van der Waals surface area contributed by atoms with Crippen molar-refractivity contribution in [1.82, 2.24) is 30.3 Å². The number of hydrogen-bond donors (Lipinski definition) is 2. The number of halogens is 2. The van der Waals surface area contributed by atoms with E-state index in [1.54, 1.807) is 18.2 Å². The fraction of sp³-hybridized carbons (Fsp3) is 0.480. The van der Waals surface area contributed by atoms with Crippen LogP contribution in [0.4, 0.5) is 14.7 Å². The number of aromatic hydroxyl groups is 1. The van der Waals surface area contributed by atoms with E-state index in [0.717, 1.165) is 31.9 Å². The summed E-state index contributed by atoms with van der Waals surface area (Å²) < 4.78 is 30.7. The molecule has 2 aromatic heterocycles. The molecule has 1 saturated carbocycles. The number of benzene rings is 1. The van der Waals surface area contributed by atoms with Crippen LogP contribution in [-0.4, -0.2) is 59.4 Å². The van der Waals surface area contributed by atoms with Crippen LogP contribution in [0.25, 0.3) is 16.9 Å². The van der Waals surface area contributed by atoms with Gasteiger partial charge in [-0.1, -0.05) is 0 Å². The van der Waals surface area contributed by atoms with Crippen molar-refractivity contribution in [3.8, 4) is 28.8 Å². The molecule has 3 aliphatic rings. The second-order valence-electron chi connectivity index (χ2n) is 10.6. The molecule has 2 N–H and O–H groups in total. The molecule has 1 aliphatic carbocycles. The average Bonchev–Trinajstić information content (AvgIpc) is 3.56. The van der Waals surface area contributed by atoms with Gasteiger partial charge in [-0.15, -0.1) is 10.2 Å². The molecule has 4 heterocycles. The molecule has 6 rings (SSSR count). The van der Waals surface area contributed by atoms with Gasteiger partial charge in [-0.2, -0.15) is 10.4 Å². The summed E-state index contributed by atoms with van der Waals surface area (Å²) in [6, 6.07) is 6.17. The van der Waals surface area contributed by atoms with Crippen molar-refractivity contribution in [3.63, 3.8) is 0 Å². The number of nitrogens with zero attached hydrogens (tertiary/aromatic N) is 7. The quantitative estimate of drug-likeness (QED) is 0.557. The lowest BCUT2D eigenvalue weighted by Gasteiger charge is -2.48. The molecule has 36 heavy (non-hydrogen) atoms. The van der Waals surface area contributed by atoms with Gasteiger partial charge in [0.1, 0.15) is 23.7 Å². The van der Waals surface area contributed by atoms with Crippen LogP contribution in [0.5, 0.6) is 5.75 Å². The maximum Gasteiger partial charge on any atom is 0.245 e. The molecular formula is C25H26F2N8O. The van der Waals surface area contributed by atoms with Gasteiger partial charge in [-0.25, -0.2) is 18.4 Å². The molecule has 3 fully saturated rings. The fourth-order valence-electron chi connectivity index (χ4n) is 5.82. The zero-order valence-corrected chi connectivity index (χ0v) is 20.0. The van der Waals surface area contributed by atoms with Crippen molar-refractivity contribution in [3.05, 3.63) is 42.1 Å². The largest absolute Gasteiger partial charge is 0.507 e. The van der Waals surface area contributed by atoms with Gasteiger partial charge in [0.25, 0.3) is 0 Å². The molecular weight excluding hydrogens is 466 g/mol. The number of hydrogen-bond acceptors (Lipinski definition) is 8. The predicted octanol–water partition coefficient (Wildman–Crippen LogP) is 3.42. The molecule has 0 amide bonds. The summed E-state index contributed by atoms with van der Waals surface area (Å²) in [5.74, 6) is -0.467. The number of nitriles is 1. The average molecular weight is 493 g/mol. The van der Waals surface area contributed by atoms with Gasteiger partial charge < -0.3 is 15.3 Å². The van der Waals surface area contributed by atoms with Crippen LogP contribution in [0.3, 0.4) is 0 Å². The highest BCUT2D eigenvalue weighted by molar-refractivity contribution is 5.68. The van der Waals surface area contributed by atoms with Crippen LogP contribution in [0.1, 0.15) is 51.6 Å². The predicted molar refractivity (Wildman–Crippen MR) is 127 cm³/mol. The third-order valence-electron chi connectivity index (χ3n) is 7.76. The number of phenols is 1. The van der Waals surface area contributed by atoms with E-state index < -0.39 is 17.5 Å². The Morgan fingerprint density at radius 3 is 2.69 bits per heavy atom. The van der Waals surface area contributed by atoms with E-state index in [-0.39, 0.29) is 29.1 Å². The Hall–Kier alpha value is -3.65. The van der Waals surface area contributed by atoms with Crippen LogP contribution < -0.4 is 10.2 Å². The molecule has 0 unspecified atom stereocenters. The maximum absolute atomic E-state index is 15.8. The number of aromatic nitrogens is 5. The molecule has 3 aromatic rings. The number of anilines is 1. The Kier molecular flexibility index (Phi) is 5.02. The maximum atomic E-state index is 15.8. The zero-order chi connectivity index (χ0) is 25.2. The topological polar surface area (TPSA) is 116 Å². The van der Waals surface area contributed by atoms with Crippen LogP contribution in [-0.2, 0) is 0 Å². The molecule has 2 aliphatic heterocycles. The Labute approximate surface area is 206 Å². The van der Waals surface area contributed by atoms with E-state index in [2.05, 4.69) is 32.5 Å². The van der Waals surface area contributed by atoms with Crippen molar-refractivity contribution < 1.29 is 13.9 Å². The third-order valence-corrected chi connectivity index (χ3v) is 7.76. The molecule has 2 bridgehead atoms. The minimum absolute atomic E-state index is 0.110.